The molecule has 5 atom stereocenters. The average Bonchev–Trinajstić information content (AvgIpc) is 2.91. The Bertz CT molecular complexity index is 725. The number of carbonyl (C=O) groups is 2. The van der Waals surface area contributed by atoms with Crippen molar-refractivity contribution in [2.45, 2.75) is 58.0 Å². The normalized spacial score (nSPS) is 36.2. The van der Waals surface area contributed by atoms with E-state index in [1.165, 1.54) is 12.5 Å². The van der Waals surface area contributed by atoms with Gasteiger partial charge in [0.15, 0.2) is 5.78 Å². The van der Waals surface area contributed by atoms with E-state index in [2.05, 4.69) is 13.0 Å². The van der Waals surface area contributed by atoms with Crippen LogP contribution in [0.2, 0.25) is 0 Å². The van der Waals surface area contributed by atoms with Crippen molar-refractivity contribution in [2.24, 2.45) is 17.3 Å². The van der Waals surface area contributed by atoms with Gasteiger partial charge in [-0.25, -0.2) is 0 Å². The first-order valence-corrected chi connectivity index (χ1v) is 9.32. The molecule has 4 nitrogen and oxygen atoms in total. The van der Waals surface area contributed by atoms with Gasteiger partial charge in [0.05, 0.1) is 7.11 Å². The molecule has 0 aromatic heterocycles. The zero-order valence-electron chi connectivity index (χ0n) is 15.2. The smallest absolute Gasteiger partial charge is 0.302 e. The lowest BCUT2D eigenvalue weighted by atomic mass is 9.55. The van der Waals surface area contributed by atoms with E-state index < -0.39 is 0 Å². The highest BCUT2D eigenvalue weighted by Crippen LogP contribution is 2.61. The Kier molecular flexibility index (Phi) is 3.89. The fourth-order valence-corrected chi connectivity index (χ4v) is 5.86. The monoisotopic (exact) mass is 342 g/mol. The number of ether oxygens (including phenoxy) is 2. The lowest BCUT2D eigenvalue weighted by molar-refractivity contribution is -0.154. The summed E-state index contributed by atoms with van der Waals surface area (Å²) in [5.74, 6) is 2.05. The molecule has 1 aromatic rings. The van der Waals surface area contributed by atoms with E-state index in [1.807, 2.05) is 12.1 Å². The van der Waals surface area contributed by atoms with Crippen molar-refractivity contribution in [1.82, 2.24) is 0 Å². The molecule has 0 aliphatic heterocycles. The third kappa shape index (κ3) is 2.49. The molecule has 2 fully saturated rings. The third-order valence-electron chi connectivity index (χ3n) is 7.04. The van der Waals surface area contributed by atoms with Crippen molar-refractivity contribution in [3.63, 3.8) is 0 Å². The molecule has 0 saturated heterocycles. The summed E-state index contributed by atoms with van der Waals surface area (Å²) >= 11 is 0. The van der Waals surface area contributed by atoms with Crippen LogP contribution < -0.4 is 4.74 Å². The van der Waals surface area contributed by atoms with Gasteiger partial charge in [0.2, 0.25) is 0 Å². The maximum absolute atomic E-state index is 12.8. The number of Topliss-reactive ketones (excluding diaryl/α,β-unsaturated/α-hetero) is 1. The number of esters is 1. The average molecular weight is 342 g/mol. The van der Waals surface area contributed by atoms with Crippen LogP contribution in [0, 0.1) is 17.3 Å². The van der Waals surface area contributed by atoms with E-state index in [4.69, 9.17) is 9.47 Å². The summed E-state index contributed by atoms with van der Waals surface area (Å²) in [5.41, 5.74) is 2.05. The summed E-state index contributed by atoms with van der Waals surface area (Å²) in [6.07, 6.45) is 4.70. The van der Waals surface area contributed by atoms with Crippen LogP contribution in [0.25, 0.3) is 0 Å². The Hall–Kier alpha value is -1.84. The molecule has 4 heteroatoms. The first-order valence-electron chi connectivity index (χ1n) is 9.32. The molecule has 25 heavy (non-hydrogen) atoms. The van der Waals surface area contributed by atoms with E-state index >= 15 is 0 Å². The van der Waals surface area contributed by atoms with Crippen LogP contribution in [-0.2, 0) is 9.53 Å². The maximum Gasteiger partial charge on any atom is 0.302 e. The maximum atomic E-state index is 12.8. The highest BCUT2D eigenvalue weighted by atomic mass is 16.5. The largest absolute Gasteiger partial charge is 0.497 e. The van der Waals surface area contributed by atoms with Crippen molar-refractivity contribution in [3.05, 3.63) is 29.3 Å². The molecule has 0 heterocycles. The molecule has 134 valence electrons. The van der Waals surface area contributed by atoms with Gasteiger partial charge in [-0.05, 0) is 61.1 Å². The van der Waals surface area contributed by atoms with Gasteiger partial charge in [0, 0.05) is 24.3 Å². The van der Waals surface area contributed by atoms with E-state index in [9.17, 15) is 9.59 Å². The third-order valence-corrected chi connectivity index (χ3v) is 7.04. The number of ketones is 1. The Balaban J connectivity index is 1.67. The van der Waals surface area contributed by atoms with Crippen molar-refractivity contribution < 1.29 is 19.1 Å². The summed E-state index contributed by atoms with van der Waals surface area (Å²) in [7, 11) is 1.64. The Labute approximate surface area is 148 Å². The molecule has 0 unspecified atom stereocenters. The van der Waals surface area contributed by atoms with Crippen LogP contribution in [0.3, 0.4) is 0 Å². The minimum absolute atomic E-state index is 0.00307. The Morgan fingerprint density at radius 1 is 1.24 bits per heavy atom. The Morgan fingerprint density at radius 3 is 2.76 bits per heavy atom. The number of rotatable bonds is 2. The second kappa shape index (κ2) is 5.86. The van der Waals surface area contributed by atoms with Gasteiger partial charge in [-0.3, -0.25) is 9.59 Å². The molecule has 4 rings (SSSR count). The fourth-order valence-electron chi connectivity index (χ4n) is 5.86. The molecule has 0 radical (unpaired) electrons. The molecule has 1 aromatic carbocycles. The first-order chi connectivity index (χ1) is 11.9. The predicted molar refractivity (Wildman–Crippen MR) is 93.8 cm³/mol. The van der Waals surface area contributed by atoms with E-state index in [0.717, 1.165) is 37.0 Å². The van der Waals surface area contributed by atoms with Gasteiger partial charge in [-0.1, -0.05) is 13.0 Å². The van der Waals surface area contributed by atoms with E-state index in [1.54, 1.807) is 7.11 Å². The first kappa shape index (κ1) is 16.6. The topological polar surface area (TPSA) is 52.6 Å². The van der Waals surface area contributed by atoms with Crippen LogP contribution in [0.15, 0.2) is 18.2 Å². The molecule has 0 N–H and O–H groups in total. The number of carbonyl (C=O) groups excluding carboxylic acids is 2. The number of hydrogen-bond acceptors (Lipinski definition) is 4. The Morgan fingerprint density at radius 2 is 2.04 bits per heavy atom. The van der Waals surface area contributed by atoms with Crippen molar-refractivity contribution in [1.29, 1.82) is 0 Å². The molecule has 3 aliphatic rings. The molecule has 3 aliphatic carbocycles. The fraction of sp³-hybridized carbons (Fsp3) is 0.619. The van der Waals surface area contributed by atoms with Crippen molar-refractivity contribution in [3.8, 4) is 5.75 Å². The quantitative estimate of drug-likeness (QED) is 0.759. The zero-order valence-corrected chi connectivity index (χ0v) is 15.2. The van der Waals surface area contributed by atoms with Gasteiger partial charge in [-0.15, -0.1) is 0 Å². The van der Waals surface area contributed by atoms with Crippen LogP contribution in [0.5, 0.6) is 5.75 Å². The standard InChI is InChI=1S/C21H26O4/c1-12(22)25-20-7-6-18-16-11-19(23)17-10-13(24-3)4-5-14(17)15(16)8-9-21(18,20)2/h4-5,10,15-16,18,20H,6-9,11H2,1-3H3/t15-,16+,18+,20+,21+/m1/s1. The predicted octanol–water partition coefficient (Wildman–Crippen LogP) is 4.12. The molecule has 2 saturated carbocycles. The van der Waals surface area contributed by atoms with Crippen LogP contribution in [0.1, 0.15) is 67.8 Å². The summed E-state index contributed by atoms with van der Waals surface area (Å²) < 4.78 is 10.9. The van der Waals surface area contributed by atoms with E-state index in [-0.39, 0.29) is 23.3 Å². The van der Waals surface area contributed by atoms with Crippen LogP contribution in [-0.4, -0.2) is 25.0 Å². The van der Waals surface area contributed by atoms with Gasteiger partial charge >= 0.3 is 5.97 Å². The number of benzene rings is 1. The van der Waals surface area contributed by atoms with Gasteiger partial charge in [0.25, 0.3) is 0 Å². The summed E-state index contributed by atoms with van der Waals surface area (Å²) in [5, 5.41) is 0. The lowest BCUT2D eigenvalue weighted by Crippen LogP contribution is -2.45. The second-order valence-corrected chi connectivity index (χ2v) is 8.18. The van der Waals surface area contributed by atoms with Crippen LogP contribution in [0.4, 0.5) is 0 Å². The SMILES string of the molecule is COc1ccc2c(c1)C(=O)C[C@H]1[C@@H]2CC[C@]2(C)[C@@H](OC(C)=O)CC[C@@H]12. The minimum Gasteiger partial charge on any atom is -0.497 e. The molecule has 0 spiro atoms. The van der Waals surface area contributed by atoms with E-state index in [0.29, 0.717) is 24.2 Å². The number of methoxy groups -OCH3 is 1. The van der Waals surface area contributed by atoms with Crippen LogP contribution >= 0.6 is 0 Å². The van der Waals surface area contributed by atoms with Gasteiger partial charge in [-0.2, -0.15) is 0 Å². The highest BCUT2D eigenvalue weighted by Gasteiger charge is 2.56. The molecular weight excluding hydrogens is 316 g/mol. The van der Waals surface area contributed by atoms with Crippen molar-refractivity contribution in [2.75, 3.05) is 7.11 Å². The lowest BCUT2D eigenvalue weighted by Gasteiger charge is -2.50. The number of fused-ring (bicyclic) bond motifs is 5. The molecular formula is C21H26O4. The van der Waals surface area contributed by atoms with Gasteiger partial charge in [0.1, 0.15) is 11.9 Å². The molecule has 0 amide bonds. The summed E-state index contributed by atoms with van der Waals surface area (Å²) in [4.78, 5) is 24.3. The summed E-state index contributed by atoms with van der Waals surface area (Å²) in [6.45, 7) is 3.76. The zero-order chi connectivity index (χ0) is 17.8. The second-order valence-electron chi connectivity index (χ2n) is 8.18. The highest BCUT2D eigenvalue weighted by molar-refractivity contribution is 5.99. The molecule has 0 bridgehead atoms. The van der Waals surface area contributed by atoms with Crippen molar-refractivity contribution >= 4 is 11.8 Å². The summed E-state index contributed by atoms with van der Waals surface area (Å²) in [6, 6.07) is 5.96. The number of hydrogen-bond donors (Lipinski definition) is 0. The minimum atomic E-state index is -0.189. The van der Waals surface area contributed by atoms with Gasteiger partial charge < -0.3 is 9.47 Å².